The molecule has 3 nitrogen and oxygen atoms in total. The van der Waals surface area contributed by atoms with Crippen LogP contribution < -0.4 is 10.2 Å². The van der Waals surface area contributed by atoms with E-state index in [4.69, 9.17) is 5.11 Å². The molecule has 2 N–H and O–H groups in total. The number of likely N-dealkylation sites (N-methyl/N-ethyl adjacent to an activating group) is 1. The van der Waals surface area contributed by atoms with Crippen molar-refractivity contribution in [3.63, 3.8) is 0 Å². The summed E-state index contributed by atoms with van der Waals surface area (Å²) < 4.78 is 0. The molecule has 0 aliphatic heterocycles. The van der Waals surface area contributed by atoms with E-state index in [2.05, 4.69) is 77.9 Å². The molecule has 0 aliphatic rings. The van der Waals surface area contributed by atoms with Crippen LogP contribution in [0.15, 0.2) is 133 Å². The molecule has 0 heterocycles. The van der Waals surface area contributed by atoms with Gasteiger partial charge in [-0.25, -0.2) is 0 Å². The fourth-order valence-corrected chi connectivity index (χ4v) is 3.06. The molecule has 4 rings (SSSR count). The van der Waals surface area contributed by atoms with Crippen molar-refractivity contribution in [3.05, 3.63) is 145 Å². The number of aliphatic hydroxyl groups excluding tert-OH is 1. The van der Waals surface area contributed by atoms with E-state index in [1.165, 1.54) is 11.3 Å². The van der Waals surface area contributed by atoms with E-state index in [-0.39, 0.29) is 14.0 Å². The van der Waals surface area contributed by atoms with Crippen molar-refractivity contribution in [2.75, 3.05) is 37.5 Å². The molecule has 0 radical (unpaired) electrons. The second kappa shape index (κ2) is 19.2. The summed E-state index contributed by atoms with van der Waals surface area (Å²) in [7, 11) is 4.01. The van der Waals surface area contributed by atoms with Gasteiger partial charge in [-0.15, -0.1) is 0 Å². The summed E-state index contributed by atoms with van der Waals surface area (Å²) in [6, 6.07) is 40.7. The van der Waals surface area contributed by atoms with Crippen LogP contribution in [-0.2, 0) is 0 Å². The monoisotopic (exact) mass is 480 g/mol. The van der Waals surface area contributed by atoms with Crippen LogP contribution in [0.2, 0.25) is 0 Å². The van der Waals surface area contributed by atoms with E-state index >= 15 is 0 Å². The summed E-state index contributed by atoms with van der Waals surface area (Å²) in [6.07, 6.45) is 7.94. The van der Waals surface area contributed by atoms with Crippen molar-refractivity contribution in [3.8, 4) is 0 Å². The third-order valence-electron chi connectivity index (χ3n) is 4.96. The van der Waals surface area contributed by atoms with E-state index < -0.39 is 0 Å². The van der Waals surface area contributed by atoms with Crippen LogP contribution >= 0.6 is 0 Å². The first-order valence-corrected chi connectivity index (χ1v) is 11.8. The van der Waals surface area contributed by atoms with Crippen molar-refractivity contribution >= 4 is 23.5 Å². The maximum atomic E-state index is 8.44. The molecule has 36 heavy (non-hydrogen) atoms. The van der Waals surface area contributed by atoms with E-state index in [1.54, 1.807) is 6.08 Å². The minimum absolute atomic E-state index is 0. The molecule has 0 spiro atoms. The van der Waals surface area contributed by atoms with Crippen molar-refractivity contribution in [2.45, 2.75) is 7.43 Å². The highest BCUT2D eigenvalue weighted by Gasteiger charge is 1.95. The second-order valence-corrected chi connectivity index (χ2v) is 7.64. The van der Waals surface area contributed by atoms with Crippen molar-refractivity contribution in [1.29, 1.82) is 0 Å². The van der Waals surface area contributed by atoms with Gasteiger partial charge in [0.05, 0.1) is 6.61 Å². The van der Waals surface area contributed by atoms with E-state index in [9.17, 15) is 0 Å². The van der Waals surface area contributed by atoms with Crippen molar-refractivity contribution in [1.82, 2.24) is 0 Å². The molecule has 3 heteroatoms. The average Bonchev–Trinajstić information content (AvgIpc) is 2.94. The smallest absolute Gasteiger partial charge is 0.0615 e. The zero-order chi connectivity index (χ0) is 25.0. The van der Waals surface area contributed by atoms with Crippen LogP contribution in [-0.4, -0.2) is 32.4 Å². The highest BCUT2D eigenvalue weighted by atomic mass is 16.2. The van der Waals surface area contributed by atoms with Crippen LogP contribution in [0.1, 0.15) is 18.6 Å². The first-order valence-electron chi connectivity index (χ1n) is 11.8. The molecule has 0 aliphatic carbocycles. The fourth-order valence-electron chi connectivity index (χ4n) is 3.06. The molecule has 0 atom stereocenters. The Morgan fingerprint density at radius 3 is 1.47 bits per heavy atom. The summed E-state index contributed by atoms with van der Waals surface area (Å²) in [5.41, 5.74) is 4.77. The molecule has 0 aromatic heterocycles. The molecule has 0 saturated heterocycles. The predicted molar refractivity (Wildman–Crippen MR) is 160 cm³/mol. The Balaban J connectivity index is 0.000000291. The topological polar surface area (TPSA) is 35.5 Å². The van der Waals surface area contributed by atoms with Gasteiger partial charge in [-0.05, 0) is 35.4 Å². The maximum Gasteiger partial charge on any atom is 0.0615 e. The van der Waals surface area contributed by atoms with Crippen molar-refractivity contribution < 1.29 is 5.11 Å². The van der Waals surface area contributed by atoms with Crippen molar-refractivity contribution in [2.24, 2.45) is 0 Å². The number of nitrogens with one attached hydrogen (secondary N) is 1. The van der Waals surface area contributed by atoms with Gasteiger partial charge in [0, 0.05) is 32.0 Å². The zero-order valence-corrected chi connectivity index (χ0v) is 20.7. The van der Waals surface area contributed by atoms with Gasteiger partial charge >= 0.3 is 0 Å². The lowest BCUT2D eigenvalue weighted by molar-refractivity contribution is 0.343. The number of aliphatic hydroxyl groups is 1. The molecule has 0 amide bonds. The average molecular weight is 481 g/mol. The second-order valence-electron chi connectivity index (χ2n) is 7.64. The largest absolute Gasteiger partial charge is 0.392 e. The molecular weight excluding hydrogens is 440 g/mol. The number of anilines is 2. The summed E-state index contributed by atoms with van der Waals surface area (Å²) in [4.78, 5) is 2.22. The molecule has 4 aromatic carbocycles. The predicted octanol–water partition coefficient (Wildman–Crippen LogP) is 7.89. The third-order valence-corrected chi connectivity index (χ3v) is 4.96. The fraction of sp³-hybridized carbons (Fsp3) is 0.152. The molecule has 0 fully saturated rings. The van der Waals surface area contributed by atoms with Crippen LogP contribution in [0.25, 0.3) is 12.2 Å². The Morgan fingerprint density at radius 1 is 0.639 bits per heavy atom. The maximum absolute atomic E-state index is 8.44. The van der Waals surface area contributed by atoms with Crippen LogP contribution in [0, 0.1) is 0 Å². The lowest BCUT2D eigenvalue weighted by atomic mass is 10.2. The highest BCUT2D eigenvalue weighted by Crippen LogP contribution is 2.11. The molecule has 0 saturated carbocycles. The Bertz CT molecular complexity index is 1080. The molecule has 0 bridgehead atoms. The highest BCUT2D eigenvalue weighted by molar-refractivity contribution is 5.52. The minimum Gasteiger partial charge on any atom is -0.392 e. The molecule has 188 valence electrons. The number of rotatable bonds is 7. The number of para-hydroxylation sites is 2. The van der Waals surface area contributed by atoms with Gasteiger partial charge in [0.2, 0.25) is 0 Å². The SMILES string of the molecule is C.CN(C/C=C/c1ccccc1)c1ccccc1.CNc1ccccc1.OC/C=C/c1ccccc1. The summed E-state index contributed by atoms with van der Waals surface area (Å²) in [6.45, 7) is 1.02. The van der Waals surface area contributed by atoms with Crippen LogP contribution in [0.5, 0.6) is 0 Å². The Morgan fingerprint density at radius 2 is 1.06 bits per heavy atom. The summed E-state index contributed by atoms with van der Waals surface area (Å²) in [5, 5.41) is 11.5. The standard InChI is InChI=1S/C16H17N.C9H10O.C7H9N.CH4/c1-17(16-12-6-3-7-13-16)14-8-11-15-9-4-2-5-10-15;10-8-4-7-9-5-2-1-3-6-9;1-8-7-5-3-2-4-6-7;/h2-13H,14H2,1H3;1-7,10H,8H2;2-6,8H,1H3;1H4/b11-8+;7-4+;;. The first kappa shape index (κ1) is 30.0. The lowest BCUT2D eigenvalue weighted by Gasteiger charge is -2.16. The van der Waals surface area contributed by atoms with Gasteiger partial charge in [-0.2, -0.15) is 0 Å². The number of nitrogens with zero attached hydrogens (tertiary/aromatic N) is 1. The van der Waals surface area contributed by atoms with Gasteiger partial charge in [0.15, 0.2) is 0 Å². The Hall–Kier alpha value is -4.08. The van der Waals surface area contributed by atoms with Gasteiger partial charge in [-0.3, -0.25) is 0 Å². The normalized spacial score (nSPS) is 9.86. The van der Waals surface area contributed by atoms with Gasteiger partial charge in [-0.1, -0.05) is 129 Å². The Labute approximate surface area is 218 Å². The zero-order valence-electron chi connectivity index (χ0n) is 20.7. The van der Waals surface area contributed by atoms with Gasteiger partial charge < -0.3 is 15.3 Å². The molecule has 4 aromatic rings. The van der Waals surface area contributed by atoms with Crippen LogP contribution in [0.4, 0.5) is 11.4 Å². The van der Waals surface area contributed by atoms with E-state index in [0.717, 1.165) is 17.8 Å². The Kier molecular flexibility index (Phi) is 16.0. The van der Waals surface area contributed by atoms with Gasteiger partial charge in [0.1, 0.15) is 0 Å². The molecule has 0 unspecified atom stereocenters. The van der Waals surface area contributed by atoms with Crippen LogP contribution in [0.3, 0.4) is 0 Å². The van der Waals surface area contributed by atoms with E-state index in [0.29, 0.717) is 0 Å². The number of hydrogen-bond donors (Lipinski definition) is 2. The first-order chi connectivity index (χ1) is 17.2. The number of benzene rings is 4. The summed E-state index contributed by atoms with van der Waals surface area (Å²) >= 11 is 0. The quantitative estimate of drug-likeness (QED) is 0.282. The van der Waals surface area contributed by atoms with Gasteiger partial charge in [0.25, 0.3) is 0 Å². The lowest BCUT2D eigenvalue weighted by Crippen LogP contribution is -2.16. The minimum atomic E-state index is 0. The summed E-state index contributed by atoms with van der Waals surface area (Å²) in [5.74, 6) is 0. The third kappa shape index (κ3) is 13.0. The molecular formula is C33H40N2O. The number of hydrogen-bond acceptors (Lipinski definition) is 3. The van der Waals surface area contributed by atoms with E-state index in [1.807, 2.05) is 85.9 Å².